The Bertz CT molecular complexity index is 898. The van der Waals surface area contributed by atoms with Crippen LogP contribution in [0, 0.1) is 0 Å². The Morgan fingerprint density at radius 1 is 1.12 bits per heavy atom. The number of primary amides is 1. The topological polar surface area (TPSA) is 52.3 Å². The fourth-order valence-electron chi connectivity index (χ4n) is 2.73. The molecule has 0 atom stereocenters. The molecule has 0 aliphatic carbocycles. The quantitative estimate of drug-likeness (QED) is 0.594. The molecule has 3 aromatic rings. The van der Waals surface area contributed by atoms with E-state index in [0.29, 0.717) is 30.2 Å². The Balaban J connectivity index is 1.80. The van der Waals surface area contributed by atoms with Gasteiger partial charge in [-0.1, -0.05) is 54.1 Å². The van der Waals surface area contributed by atoms with E-state index < -0.39 is 0 Å². The predicted molar refractivity (Wildman–Crippen MR) is 105 cm³/mol. The van der Waals surface area contributed by atoms with Gasteiger partial charge < -0.3 is 10.5 Å². The van der Waals surface area contributed by atoms with Gasteiger partial charge in [-0.3, -0.25) is 4.79 Å². The molecule has 2 N–H and O–H groups in total. The van der Waals surface area contributed by atoms with Gasteiger partial charge in [0.25, 0.3) is 0 Å². The summed E-state index contributed by atoms with van der Waals surface area (Å²) in [5.74, 6) is 0.265. The maximum Gasteiger partial charge on any atom is 0.217 e. The van der Waals surface area contributed by atoms with E-state index in [1.54, 1.807) is 0 Å². The molecule has 0 unspecified atom stereocenters. The van der Waals surface area contributed by atoms with Gasteiger partial charge in [-0.15, -0.1) is 0 Å². The molecule has 3 nitrogen and oxygen atoms in total. The highest BCUT2D eigenvalue weighted by Crippen LogP contribution is 2.35. The largest absolute Gasteiger partial charge is 0.486 e. The summed E-state index contributed by atoms with van der Waals surface area (Å²) in [4.78, 5) is 10.9. The van der Waals surface area contributed by atoms with Crippen molar-refractivity contribution in [2.24, 2.45) is 5.73 Å². The fourth-order valence-corrected chi connectivity index (χ4v) is 3.76. The minimum atomic E-state index is -0.330. The predicted octanol–water partition coefficient (Wildman–Crippen LogP) is 5.25. The van der Waals surface area contributed by atoms with E-state index in [4.69, 9.17) is 22.1 Å². The van der Waals surface area contributed by atoms with Crippen molar-refractivity contribution in [3.63, 3.8) is 0 Å². The Labute approximate surface area is 159 Å². The molecule has 0 bridgehead atoms. The van der Waals surface area contributed by atoms with Crippen LogP contribution < -0.4 is 10.5 Å². The van der Waals surface area contributed by atoms with Gasteiger partial charge in [-0.2, -0.15) is 0 Å². The van der Waals surface area contributed by atoms with Gasteiger partial charge in [-0.25, -0.2) is 0 Å². The molecule has 0 aromatic heterocycles. The first-order valence-corrected chi connectivity index (χ1v) is 9.07. The highest BCUT2D eigenvalue weighted by Gasteiger charge is 2.11. The molecule has 1 amide bonds. The molecule has 0 aliphatic rings. The van der Waals surface area contributed by atoms with E-state index in [1.807, 2.05) is 36.4 Å². The Kier molecular flexibility index (Phi) is 5.61. The number of nitrogens with two attached hydrogens (primary N) is 1. The van der Waals surface area contributed by atoms with Crippen molar-refractivity contribution in [1.29, 1.82) is 0 Å². The van der Waals surface area contributed by atoms with Crippen LogP contribution >= 0.6 is 27.5 Å². The third kappa shape index (κ3) is 4.33. The van der Waals surface area contributed by atoms with Crippen molar-refractivity contribution in [2.45, 2.75) is 19.4 Å². The Hall–Kier alpha value is -2.04. The minimum absolute atomic E-state index is 0.291. The summed E-state index contributed by atoms with van der Waals surface area (Å²) < 4.78 is 6.74. The maximum absolute atomic E-state index is 10.9. The number of hydrogen-bond acceptors (Lipinski definition) is 2. The molecule has 0 saturated heterocycles. The number of carbonyl (C=O) groups excluding carboxylic acids is 1. The zero-order valence-corrected chi connectivity index (χ0v) is 15.8. The molecule has 0 fully saturated rings. The smallest absolute Gasteiger partial charge is 0.217 e. The highest BCUT2D eigenvalue weighted by atomic mass is 79.9. The molecule has 0 radical (unpaired) electrons. The van der Waals surface area contributed by atoms with Gasteiger partial charge in [0.05, 0.1) is 9.50 Å². The van der Waals surface area contributed by atoms with E-state index >= 15 is 0 Å². The number of hydrogen-bond donors (Lipinski definition) is 1. The zero-order valence-electron chi connectivity index (χ0n) is 13.5. The molecule has 128 valence electrons. The lowest BCUT2D eigenvalue weighted by molar-refractivity contribution is -0.117. The lowest BCUT2D eigenvalue weighted by Gasteiger charge is -2.13. The second-order valence-electron chi connectivity index (χ2n) is 5.78. The summed E-state index contributed by atoms with van der Waals surface area (Å²) in [6.07, 6.45) is 0.843. The Morgan fingerprint density at radius 2 is 1.88 bits per heavy atom. The summed E-state index contributed by atoms with van der Waals surface area (Å²) in [6.45, 7) is 0.417. The summed E-state index contributed by atoms with van der Waals surface area (Å²) in [5.41, 5.74) is 7.23. The first-order chi connectivity index (χ1) is 12.0. The van der Waals surface area contributed by atoms with E-state index in [9.17, 15) is 4.79 Å². The summed E-state index contributed by atoms with van der Waals surface area (Å²) in [6, 6.07) is 18.1. The average Bonchev–Trinajstić information content (AvgIpc) is 2.59. The van der Waals surface area contributed by atoms with Crippen LogP contribution in [0.4, 0.5) is 0 Å². The number of benzene rings is 3. The van der Waals surface area contributed by atoms with E-state index in [0.717, 1.165) is 21.0 Å². The molecule has 0 spiro atoms. The average molecular weight is 419 g/mol. The fraction of sp³-hybridized carbons (Fsp3) is 0.150. The van der Waals surface area contributed by atoms with Crippen LogP contribution in [-0.4, -0.2) is 5.91 Å². The van der Waals surface area contributed by atoms with Crippen LogP contribution in [0.15, 0.2) is 59.1 Å². The molecule has 3 aromatic carbocycles. The first-order valence-electron chi connectivity index (χ1n) is 7.90. The summed E-state index contributed by atoms with van der Waals surface area (Å²) in [5, 5.41) is 2.85. The van der Waals surface area contributed by atoms with Crippen LogP contribution in [0.25, 0.3) is 10.8 Å². The maximum atomic E-state index is 10.9. The lowest BCUT2D eigenvalue weighted by atomic mass is 10.1. The third-order valence-electron chi connectivity index (χ3n) is 3.97. The van der Waals surface area contributed by atoms with Crippen molar-refractivity contribution in [3.05, 3.63) is 75.2 Å². The molecule has 0 heterocycles. The van der Waals surface area contributed by atoms with E-state index in [-0.39, 0.29) is 5.91 Å². The third-order valence-corrected chi connectivity index (χ3v) is 4.84. The van der Waals surface area contributed by atoms with Crippen LogP contribution in [0.1, 0.15) is 17.5 Å². The van der Waals surface area contributed by atoms with Gasteiger partial charge in [0, 0.05) is 6.42 Å². The van der Waals surface area contributed by atoms with Crippen LogP contribution in [-0.2, 0) is 17.8 Å². The molecular weight excluding hydrogens is 402 g/mol. The van der Waals surface area contributed by atoms with Crippen molar-refractivity contribution in [3.8, 4) is 5.75 Å². The number of aryl methyl sites for hydroxylation is 1. The van der Waals surface area contributed by atoms with Crippen LogP contribution in [0.2, 0.25) is 5.02 Å². The van der Waals surface area contributed by atoms with Crippen molar-refractivity contribution < 1.29 is 9.53 Å². The number of halogens is 2. The molecular formula is C20H17BrClNO2. The van der Waals surface area contributed by atoms with Gasteiger partial charge in [0.15, 0.2) is 5.75 Å². The first kappa shape index (κ1) is 17.8. The van der Waals surface area contributed by atoms with E-state index in [1.165, 1.54) is 5.39 Å². The summed E-state index contributed by atoms with van der Waals surface area (Å²) >= 11 is 9.87. The van der Waals surface area contributed by atoms with Gasteiger partial charge in [-0.05, 0) is 56.4 Å². The molecule has 0 aliphatic heterocycles. The summed E-state index contributed by atoms with van der Waals surface area (Å²) in [7, 11) is 0. The van der Waals surface area contributed by atoms with Crippen LogP contribution in [0.5, 0.6) is 5.75 Å². The molecule has 3 rings (SSSR count). The Morgan fingerprint density at radius 3 is 2.64 bits per heavy atom. The SMILES string of the molecule is NC(=O)CCc1cc(Cl)c(OCc2cccc3ccccc23)c(Br)c1. The number of fused-ring (bicyclic) bond motifs is 1. The van der Waals surface area contributed by atoms with Gasteiger partial charge >= 0.3 is 0 Å². The molecule has 5 heteroatoms. The second kappa shape index (κ2) is 7.89. The minimum Gasteiger partial charge on any atom is -0.486 e. The van der Waals surface area contributed by atoms with Crippen molar-refractivity contribution in [2.75, 3.05) is 0 Å². The van der Waals surface area contributed by atoms with Crippen LogP contribution in [0.3, 0.4) is 0 Å². The number of ether oxygens (including phenoxy) is 1. The van der Waals surface area contributed by atoms with Gasteiger partial charge in [0.2, 0.25) is 5.91 Å². The highest BCUT2D eigenvalue weighted by molar-refractivity contribution is 9.10. The lowest BCUT2D eigenvalue weighted by Crippen LogP contribution is -2.11. The van der Waals surface area contributed by atoms with E-state index in [2.05, 4.69) is 34.1 Å². The molecule has 25 heavy (non-hydrogen) atoms. The number of rotatable bonds is 6. The zero-order chi connectivity index (χ0) is 17.8. The monoisotopic (exact) mass is 417 g/mol. The van der Waals surface area contributed by atoms with Gasteiger partial charge in [0.1, 0.15) is 6.61 Å². The van der Waals surface area contributed by atoms with Crippen molar-refractivity contribution in [1.82, 2.24) is 0 Å². The normalized spacial score (nSPS) is 10.8. The second-order valence-corrected chi connectivity index (χ2v) is 7.04. The molecule has 0 saturated carbocycles. The number of carbonyl (C=O) groups is 1. The standard InChI is InChI=1S/C20H17BrClNO2/c21-17-10-13(8-9-19(23)24)11-18(22)20(17)25-12-15-6-3-5-14-4-1-2-7-16(14)15/h1-7,10-11H,8-9,12H2,(H2,23,24). The van der Waals surface area contributed by atoms with Crippen molar-refractivity contribution >= 4 is 44.2 Å². The number of amides is 1.